The molecule has 6 heteroatoms. The molecule has 0 fully saturated rings. The number of aryl methyl sites for hydroxylation is 1. The summed E-state index contributed by atoms with van der Waals surface area (Å²) in [4.78, 5) is 0.201. The topological polar surface area (TPSA) is 70.0 Å². The summed E-state index contributed by atoms with van der Waals surface area (Å²) in [6.45, 7) is 4.07. The van der Waals surface area contributed by atoms with Gasteiger partial charge in [-0.15, -0.1) is 0 Å². The molecule has 0 aliphatic heterocycles. The molecule has 0 spiro atoms. The Kier molecular flexibility index (Phi) is 5.20. The van der Waals surface area contributed by atoms with E-state index in [0.29, 0.717) is 17.7 Å². The molecule has 4 nitrogen and oxygen atoms in total. The van der Waals surface area contributed by atoms with Crippen molar-refractivity contribution in [1.82, 2.24) is 4.72 Å². The van der Waals surface area contributed by atoms with Crippen molar-refractivity contribution in [3.63, 3.8) is 0 Å². The Morgan fingerprint density at radius 1 is 1.50 bits per heavy atom. The molecule has 0 aliphatic carbocycles. The number of sulfonamides is 1. The van der Waals surface area contributed by atoms with Gasteiger partial charge in [0.1, 0.15) is 0 Å². The minimum atomic E-state index is -3.49. The average molecular weight is 284 g/mol. The van der Waals surface area contributed by atoms with Gasteiger partial charge in [-0.3, -0.25) is 0 Å². The van der Waals surface area contributed by atoms with E-state index < -0.39 is 10.0 Å². The normalized spacial score (nSPS) is 13.0. The summed E-state index contributed by atoms with van der Waals surface area (Å²) < 4.78 is 26.6. The Labute approximate surface area is 112 Å². The Hall–Kier alpha value is -1.03. The van der Waals surface area contributed by atoms with Crippen LogP contribution in [0.4, 0.5) is 0 Å². The third-order valence-electron chi connectivity index (χ3n) is 2.59. The van der Waals surface area contributed by atoms with E-state index in [2.05, 4.69) is 4.72 Å². The molecule has 1 atom stereocenters. The summed E-state index contributed by atoms with van der Waals surface area (Å²) in [5.74, 6) is 0. The molecular weight excluding hydrogens is 268 g/mol. The summed E-state index contributed by atoms with van der Waals surface area (Å²) in [7, 11) is -3.49. The molecule has 0 radical (unpaired) electrons. The van der Waals surface area contributed by atoms with E-state index in [1.807, 2.05) is 19.2 Å². The summed E-state index contributed by atoms with van der Waals surface area (Å²) in [6, 6.07) is 6.52. The van der Waals surface area contributed by atoms with Crippen LogP contribution in [0.1, 0.15) is 18.1 Å². The molecule has 0 saturated carbocycles. The first kappa shape index (κ1) is 15.0. The molecule has 1 unspecified atom stereocenters. The molecular formula is C12H16N2O2S2. The van der Waals surface area contributed by atoms with E-state index in [0.717, 1.165) is 0 Å². The lowest BCUT2D eigenvalue weighted by Gasteiger charge is -2.11. The van der Waals surface area contributed by atoms with Crippen LogP contribution in [-0.4, -0.2) is 26.5 Å². The second-order valence-electron chi connectivity index (χ2n) is 3.99. The zero-order chi connectivity index (χ0) is 13.8. The van der Waals surface area contributed by atoms with Crippen LogP contribution in [0.25, 0.3) is 0 Å². The number of hydrogen-bond donors (Lipinski definition) is 1. The van der Waals surface area contributed by atoms with Gasteiger partial charge in [0.15, 0.2) is 0 Å². The van der Waals surface area contributed by atoms with Crippen molar-refractivity contribution in [3.8, 4) is 6.07 Å². The lowest BCUT2D eigenvalue weighted by atomic mass is 10.1. The highest BCUT2D eigenvalue weighted by atomic mass is 32.2. The highest BCUT2D eigenvalue weighted by Crippen LogP contribution is 2.15. The van der Waals surface area contributed by atoms with Crippen molar-refractivity contribution in [3.05, 3.63) is 29.3 Å². The number of hydrogen-bond acceptors (Lipinski definition) is 4. The van der Waals surface area contributed by atoms with Crippen LogP contribution in [0.2, 0.25) is 0 Å². The van der Waals surface area contributed by atoms with Crippen molar-refractivity contribution in [1.29, 1.82) is 5.26 Å². The first-order valence-corrected chi connectivity index (χ1v) is 8.21. The summed E-state index contributed by atoms with van der Waals surface area (Å²) in [5.41, 5.74) is 1.16. The first-order chi connectivity index (χ1) is 8.40. The fraction of sp³-hybridized carbons (Fsp3) is 0.417. The molecule has 0 amide bonds. The van der Waals surface area contributed by atoms with Gasteiger partial charge in [-0.05, 0) is 36.9 Å². The average Bonchev–Trinajstić information content (AvgIpc) is 2.35. The second kappa shape index (κ2) is 6.23. The van der Waals surface area contributed by atoms with Crippen LogP contribution in [0.3, 0.4) is 0 Å². The Balaban J connectivity index is 2.93. The van der Waals surface area contributed by atoms with E-state index in [1.165, 1.54) is 18.2 Å². The molecule has 0 aromatic heterocycles. The quantitative estimate of drug-likeness (QED) is 0.896. The maximum atomic E-state index is 12.0. The lowest BCUT2D eigenvalue weighted by Crippen LogP contribution is -2.29. The first-order valence-electron chi connectivity index (χ1n) is 5.44. The van der Waals surface area contributed by atoms with E-state index in [-0.39, 0.29) is 10.1 Å². The summed E-state index contributed by atoms with van der Waals surface area (Å²) in [5, 5.41) is 9.02. The van der Waals surface area contributed by atoms with Crippen LogP contribution in [0.15, 0.2) is 23.1 Å². The van der Waals surface area contributed by atoms with E-state index in [1.54, 1.807) is 18.7 Å². The van der Waals surface area contributed by atoms with Crippen LogP contribution < -0.4 is 4.72 Å². The Morgan fingerprint density at radius 2 is 2.17 bits per heavy atom. The van der Waals surface area contributed by atoms with E-state index in [4.69, 9.17) is 5.26 Å². The van der Waals surface area contributed by atoms with Gasteiger partial charge >= 0.3 is 0 Å². The Bertz CT molecular complexity index is 562. The largest absolute Gasteiger partial charge is 0.240 e. The summed E-state index contributed by atoms with van der Waals surface area (Å²) in [6.07, 6.45) is 1.94. The standard InChI is InChI=1S/C12H16N2O2S2/c1-9-6-12(5-4-11(9)7-13)18(15,16)14-8-10(2)17-3/h4-6,10,14H,8H2,1-3H3. The molecule has 0 bridgehead atoms. The van der Waals surface area contributed by atoms with E-state index in [9.17, 15) is 8.42 Å². The number of nitriles is 1. The van der Waals surface area contributed by atoms with Crippen LogP contribution in [0, 0.1) is 18.3 Å². The van der Waals surface area contributed by atoms with Gasteiger partial charge in [0.25, 0.3) is 0 Å². The van der Waals surface area contributed by atoms with Gasteiger partial charge in [-0.1, -0.05) is 6.92 Å². The molecule has 1 aromatic carbocycles. The molecule has 98 valence electrons. The molecule has 1 rings (SSSR count). The number of rotatable bonds is 5. The SMILES string of the molecule is CSC(C)CNS(=O)(=O)c1ccc(C#N)c(C)c1. The van der Waals surface area contributed by atoms with Crippen molar-refractivity contribution < 1.29 is 8.42 Å². The maximum absolute atomic E-state index is 12.0. The fourth-order valence-corrected chi connectivity index (χ4v) is 2.89. The minimum absolute atomic E-state index is 0.201. The lowest BCUT2D eigenvalue weighted by molar-refractivity contribution is 0.581. The number of nitrogens with one attached hydrogen (secondary N) is 1. The molecule has 0 heterocycles. The van der Waals surface area contributed by atoms with Gasteiger partial charge in [0.05, 0.1) is 16.5 Å². The third-order valence-corrected chi connectivity index (χ3v) is 4.98. The third kappa shape index (κ3) is 3.73. The van der Waals surface area contributed by atoms with Crippen LogP contribution >= 0.6 is 11.8 Å². The molecule has 1 aromatic rings. The smallest absolute Gasteiger partial charge is 0.210 e. The highest BCUT2D eigenvalue weighted by Gasteiger charge is 2.15. The molecule has 0 aliphatic rings. The van der Waals surface area contributed by atoms with Crippen LogP contribution in [0.5, 0.6) is 0 Å². The maximum Gasteiger partial charge on any atom is 0.240 e. The number of benzene rings is 1. The van der Waals surface area contributed by atoms with E-state index >= 15 is 0 Å². The van der Waals surface area contributed by atoms with Crippen molar-refractivity contribution in [2.45, 2.75) is 24.0 Å². The monoisotopic (exact) mass is 284 g/mol. The molecule has 0 saturated heterocycles. The van der Waals surface area contributed by atoms with Crippen molar-refractivity contribution in [2.24, 2.45) is 0 Å². The van der Waals surface area contributed by atoms with Crippen molar-refractivity contribution >= 4 is 21.8 Å². The summed E-state index contributed by atoms with van der Waals surface area (Å²) >= 11 is 1.60. The van der Waals surface area contributed by atoms with Gasteiger partial charge in [0.2, 0.25) is 10.0 Å². The highest BCUT2D eigenvalue weighted by molar-refractivity contribution is 7.99. The number of thioether (sulfide) groups is 1. The van der Waals surface area contributed by atoms with Crippen LogP contribution in [-0.2, 0) is 10.0 Å². The zero-order valence-corrected chi connectivity index (χ0v) is 12.2. The fourth-order valence-electron chi connectivity index (χ4n) is 1.32. The molecule has 1 N–H and O–H groups in total. The Morgan fingerprint density at radius 3 is 2.67 bits per heavy atom. The minimum Gasteiger partial charge on any atom is -0.210 e. The second-order valence-corrected chi connectivity index (χ2v) is 7.03. The van der Waals surface area contributed by atoms with Gasteiger partial charge in [0, 0.05) is 11.8 Å². The molecule has 18 heavy (non-hydrogen) atoms. The van der Waals surface area contributed by atoms with Gasteiger partial charge in [-0.25, -0.2) is 13.1 Å². The van der Waals surface area contributed by atoms with Crippen molar-refractivity contribution in [2.75, 3.05) is 12.8 Å². The predicted molar refractivity (Wildman–Crippen MR) is 74.1 cm³/mol. The zero-order valence-electron chi connectivity index (χ0n) is 10.6. The van der Waals surface area contributed by atoms with Gasteiger partial charge in [-0.2, -0.15) is 17.0 Å². The predicted octanol–water partition coefficient (Wildman–Crippen LogP) is 1.90. The number of nitrogens with zero attached hydrogens (tertiary/aromatic N) is 1. The van der Waals surface area contributed by atoms with Gasteiger partial charge < -0.3 is 0 Å².